The van der Waals surface area contributed by atoms with Crippen LogP contribution in [0.2, 0.25) is 0 Å². The molecule has 5 rings (SSSR count). The number of ether oxygens (including phenoxy) is 2. The molecule has 2 heterocycles. The molecule has 7 nitrogen and oxygen atoms in total. The minimum Gasteiger partial charge on any atom is -0.454 e. The summed E-state index contributed by atoms with van der Waals surface area (Å²) in [5.41, 5.74) is 3.31. The second-order valence-electron chi connectivity index (χ2n) is 9.20. The van der Waals surface area contributed by atoms with E-state index in [4.69, 9.17) is 9.47 Å². The molecule has 2 aromatic rings. The van der Waals surface area contributed by atoms with Gasteiger partial charge in [-0.15, -0.1) is 0 Å². The van der Waals surface area contributed by atoms with Crippen molar-refractivity contribution in [3.05, 3.63) is 53.6 Å². The largest absolute Gasteiger partial charge is 0.454 e. The summed E-state index contributed by atoms with van der Waals surface area (Å²) in [5, 5.41) is 6.28. The summed E-state index contributed by atoms with van der Waals surface area (Å²) in [4.78, 5) is 28.0. The maximum atomic E-state index is 13.0. The number of piperidine rings is 1. The second kappa shape index (κ2) is 9.43. The standard InChI is InChI=1S/C26H31N3O4/c1-17(25(30)28-22-8-4-6-18-5-2-3-7-21(18)22)29-13-11-19(12-14-29)26(31)27-20-9-10-23-24(15-20)33-16-32-23/h2-3,5,7,9-10,15,17,19,22H,4,6,8,11-14,16H2,1H3,(H,27,31)(H,28,30). The number of hydrogen-bond acceptors (Lipinski definition) is 5. The highest BCUT2D eigenvalue weighted by Gasteiger charge is 2.31. The van der Waals surface area contributed by atoms with Gasteiger partial charge in [-0.3, -0.25) is 14.5 Å². The Morgan fingerprint density at radius 3 is 2.67 bits per heavy atom. The van der Waals surface area contributed by atoms with Crippen LogP contribution < -0.4 is 20.1 Å². The highest BCUT2D eigenvalue weighted by Crippen LogP contribution is 2.34. The first kappa shape index (κ1) is 21.8. The van der Waals surface area contributed by atoms with Crippen molar-refractivity contribution in [2.75, 3.05) is 25.2 Å². The van der Waals surface area contributed by atoms with Crippen molar-refractivity contribution >= 4 is 17.5 Å². The number of rotatable bonds is 5. The van der Waals surface area contributed by atoms with Crippen LogP contribution in [0, 0.1) is 5.92 Å². The molecule has 2 unspecified atom stereocenters. The number of carbonyl (C=O) groups excluding carboxylic acids is 2. The molecule has 33 heavy (non-hydrogen) atoms. The molecular weight excluding hydrogens is 418 g/mol. The summed E-state index contributed by atoms with van der Waals surface area (Å²) >= 11 is 0. The van der Waals surface area contributed by atoms with E-state index < -0.39 is 0 Å². The molecular formula is C26H31N3O4. The molecule has 174 valence electrons. The van der Waals surface area contributed by atoms with Crippen LogP contribution in [-0.2, 0) is 16.0 Å². The Bertz CT molecular complexity index is 1030. The van der Waals surface area contributed by atoms with Crippen LogP contribution >= 0.6 is 0 Å². The van der Waals surface area contributed by atoms with Gasteiger partial charge in [-0.05, 0) is 75.4 Å². The zero-order valence-electron chi connectivity index (χ0n) is 19.0. The SMILES string of the molecule is CC(C(=O)NC1CCCc2ccccc21)N1CCC(C(=O)Nc2ccc3c(c2)OCO3)CC1. The summed E-state index contributed by atoms with van der Waals surface area (Å²) in [5.74, 6) is 1.38. The molecule has 2 amide bonds. The topological polar surface area (TPSA) is 79.9 Å². The third kappa shape index (κ3) is 4.69. The van der Waals surface area contributed by atoms with E-state index in [0.717, 1.165) is 45.2 Å². The molecule has 1 fully saturated rings. The van der Waals surface area contributed by atoms with E-state index in [1.54, 1.807) is 6.07 Å². The van der Waals surface area contributed by atoms with E-state index in [9.17, 15) is 9.59 Å². The average Bonchev–Trinajstić information content (AvgIpc) is 3.32. The Morgan fingerprint density at radius 1 is 1.03 bits per heavy atom. The van der Waals surface area contributed by atoms with Crippen molar-refractivity contribution in [2.45, 2.75) is 51.1 Å². The molecule has 0 bridgehead atoms. The maximum absolute atomic E-state index is 13.0. The van der Waals surface area contributed by atoms with E-state index in [1.807, 2.05) is 25.1 Å². The molecule has 7 heteroatoms. The lowest BCUT2D eigenvalue weighted by Crippen LogP contribution is -2.50. The Hall–Kier alpha value is -3.06. The summed E-state index contributed by atoms with van der Waals surface area (Å²) in [7, 11) is 0. The van der Waals surface area contributed by atoms with Gasteiger partial charge in [-0.25, -0.2) is 0 Å². The zero-order chi connectivity index (χ0) is 22.8. The lowest BCUT2D eigenvalue weighted by molar-refractivity contribution is -0.127. The number of hydrogen-bond donors (Lipinski definition) is 2. The van der Waals surface area contributed by atoms with E-state index in [-0.39, 0.29) is 36.6 Å². The van der Waals surface area contributed by atoms with Gasteiger partial charge in [-0.2, -0.15) is 0 Å². The second-order valence-corrected chi connectivity index (χ2v) is 9.20. The summed E-state index contributed by atoms with van der Waals surface area (Å²) in [6.07, 6.45) is 4.64. The van der Waals surface area contributed by atoms with Gasteiger partial charge in [-0.1, -0.05) is 24.3 Å². The van der Waals surface area contributed by atoms with E-state index >= 15 is 0 Å². The number of likely N-dealkylation sites (tertiary alicyclic amines) is 1. The molecule has 3 aliphatic rings. The third-order valence-electron chi connectivity index (χ3n) is 7.15. The molecule has 2 atom stereocenters. The molecule has 2 aromatic carbocycles. The van der Waals surface area contributed by atoms with Crippen LogP contribution in [0.3, 0.4) is 0 Å². The van der Waals surface area contributed by atoms with Gasteiger partial charge in [0.25, 0.3) is 0 Å². The van der Waals surface area contributed by atoms with Gasteiger partial charge < -0.3 is 20.1 Å². The molecule has 0 saturated carbocycles. The van der Waals surface area contributed by atoms with Crippen LogP contribution in [0.15, 0.2) is 42.5 Å². The zero-order valence-corrected chi connectivity index (χ0v) is 19.0. The first-order valence-corrected chi connectivity index (χ1v) is 11.9. The number of carbonyl (C=O) groups is 2. The van der Waals surface area contributed by atoms with Crippen molar-refractivity contribution in [1.82, 2.24) is 10.2 Å². The van der Waals surface area contributed by atoms with Crippen LogP contribution in [0.1, 0.15) is 49.8 Å². The van der Waals surface area contributed by atoms with Crippen molar-refractivity contribution in [2.24, 2.45) is 5.92 Å². The van der Waals surface area contributed by atoms with Gasteiger partial charge in [0.2, 0.25) is 18.6 Å². The van der Waals surface area contributed by atoms with Gasteiger partial charge >= 0.3 is 0 Å². The maximum Gasteiger partial charge on any atom is 0.237 e. The fourth-order valence-electron chi connectivity index (χ4n) is 5.13. The van der Waals surface area contributed by atoms with E-state index in [0.29, 0.717) is 17.2 Å². The number of fused-ring (bicyclic) bond motifs is 2. The van der Waals surface area contributed by atoms with E-state index in [2.05, 4.69) is 33.7 Å². The number of aryl methyl sites for hydroxylation is 1. The van der Waals surface area contributed by atoms with Crippen molar-refractivity contribution < 1.29 is 19.1 Å². The van der Waals surface area contributed by atoms with Gasteiger partial charge in [0.1, 0.15) is 0 Å². The minimum atomic E-state index is -0.211. The lowest BCUT2D eigenvalue weighted by Gasteiger charge is -2.36. The Kier molecular flexibility index (Phi) is 6.22. The van der Waals surface area contributed by atoms with Crippen molar-refractivity contribution in [3.8, 4) is 11.5 Å². The summed E-state index contributed by atoms with van der Waals surface area (Å²) < 4.78 is 10.7. The summed E-state index contributed by atoms with van der Waals surface area (Å²) in [6, 6.07) is 13.7. The molecule has 0 aromatic heterocycles. The first-order chi connectivity index (χ1) is 16.1. The number of amides is 2. The highest BCUT2D eigenvalue weighted by atomic mass is 16.7. The van der Waals surface area contributed by atoms with Crippen molar-refractivity contribution in [3.63, 3.8) is 0 Å². The molecule has 1 saturated heterocycles. The number of nitrogens with zero attached hydrogens (tertiary/aromatic N) is 1. The Morgan fingerprint density at radius 2 is 1.82 bits per heavy atom. The molecule has 2 N–H and O–H groups in total. The normalized spacial score (nSPS) is 21.2. The smallest absolute Gasteiger partial charge is 0.237 e. The van der Waals surface area contributed by atoms with E-state index in [1.165, 1.54) is 11.1 Å². The third-order valence-corrected chi connectivity index (χ3v) is 7.15. The van der Waals surface area contributed by atoms with Gasteiger partial charge in [0.15, 0.2) is 11.5 Å². The predicted molar refractivity (Wildman–Crippen MR) is 125 cm³/mol. The van der Waals surface area contributed by atoms with Gasteiger partial charge in [0.05, 0.1) is 12.1 Å². The quantitative estimate of drug-likeness (QED) is 0.729. The average molecular weight is 450 g/mol. The monoisotopic (exact) mass is 449 g/mol. The summed E-state index contributed by atoms with van der Waals surface area (Å²) in [6.45, 7) is 3.64. The van der Waals surface area contributed by atoms with Crippen molar-refractivity contribution in [1.29, 1.82) is 0 Å². The molecule has 2 aliphatic heterocycles. The Balaban J connectivity index is 1.12. The Labute approximate surface area is 194 Å². The fraction of sp³-hybridized carbons (Fsp3) is 0.462. The predicted octanol–water partition coefficient (Wildman–Crippen LogP) is 3.65. The number of anilines is 1. The highest BCUT2D eigenvalue weighted by molar-refractivity contribution is 5.93. The van der Waals surface area contributed by atoms with Crippen LogP contribution in [0.25, 0.3) is 0 Å². The number of nitrogens with one attached hydrogen (secondary N) is 2. The fourth-order valence-corrected chi connectivity index (χ4v) is 5.13. The molecule has 0 radical (unpaired) electrons. The van der Waals surface area contributed by atoms with Gasteiger partial charge in [0, 0.05) is 17.7 Å². The lowest BCUT2D eigenvalue weighted by atomic mass is 9.87. The molecule has 1 aliphatic carbocycles. The first-order valence-electron chi connectivity index (χ1n) is 11.9. The van der Waals surface area contributed by atoms with Crippen LogP contribution in [0.4, 0.5) is 5.69 Å². The van der Waals surface area contributed by atoms with Crippen LogP contribution in [-0.4, -0.2) is 42.6 Å². The van der Waals surface area contributed by atoms with Crippen LogP contribution in [0.5, 0.6) is 11.5 Å². The number of benzene rings is 2. The molecule has 0 spiro atoms. The minimum absolute atomic E-state index is 0.0180.